The van der Waals surface area contributed by atoms with Crippen molar-refractivity contribution in [3.8, 4) is 0 Å². The largest absolute Gasteiger partial charge is 0.398 e. The van der Waals surface area contributed by atoms with Gasteiger partial charge in [-0.1, -0.05) is 18.2 Å². The number of nitrogen functional groups attached to an aromatic ring is 1. The number of carbonyl (C=O) groups is 2. The van der Waals surface area contributed by atoms with E-state index < -0.39 is 23.4 Å². The molecule has 0 atom stereocenters. The summed E-state index contributed by atoms with van der Waals surface area (Å²) in [5.41, 5.74) is 6.11. The van der Waals surface area contributed by atoms with Crippen LogP contribution in [0.4, 0.5) is 14.5 Å². The second-order valence-corrected chi connectivity index (χ2v) is 4.68. The number of imide groups is 1. The first-order valence-electron chi connectivity index (χ1n) is 6.18. The number of hydrogen-bond donors (Lipinski definition) is 1. The van der Waals surface area contributed by atoms with Crippen molar-refractivity contribution in [1.82, 2.24) is 4.90 Å². The topological polar surface area (TPSA) is 63.4 Å². The number of benzene rings is 2. The van der Waals surface area contributed by atoms with Crippen molar-refractivity contribution in [2.45, 2.75) is 6.54 Å². The Hall–Kier alpha value is -2.76. The molecule has 0 saturated carbocycles. The van der Waals surface area contributed by atoms with E-state index in [4.69, 9.17) is 5.73 Å². The number of amides is 2. The molecule has 21 heavy (non-hydrogen) atoms. The van der Waals surface area contributed by atoms with Crippen LogP contribution in [-0.2, 0) is 6.54 Å². The van der Waals surface area contributed by atoms with Crippen LogP contribution in [0.3, 0.4) is 0 Å². The molecule has 6 heteroatoms. The Bertz CT molecular complexity index is 774. The first kappa shape index (κ1) is 13.2. The maximum absolute atomic E-state index is 13.7. The predicted octanol–water partition coefficient (Wildman–Crippen LogP) is 2.34. The van der Waals surface area contributed by atoms with Gasteiger partial charge >= 0.3 is 0 Å². The van der Waals surface area contributed by atoms with Crippen molar-refractivity contribution in [2.75, 3.05) is 5.73 Å². The van der Waals surface area contributed by atoms with Crippen molar-refractivity contribution >= 4 is 17.5 Å². The van der Waals surface area contributed by atoms with Crippen LogP contribution in [-0.4, -0.2) is 16.7 Å². The fraction of sp³-hybridized carbons (Fsp3) is 0.0667. The summed E-state index contributed by atoms with van der Waals surface area (Å²) in [6.07, 6.45) is 0. The molecule has 0 fully saturated rings. The SMILES string of the molecule is Nc1cccc2c1C(=O)N(Cc1cccc(F)c1F)C2=O. The standard InChI is InChI=1S/C15H10F2N2O2/c16-10-5-1-3-8(13(10)17)7-19-14(20)9-4-2-6-11(18)12(9)15(19)21/h1-6H,7,18H2. The molecule has 2 N–H and O–H groups in total. The van der Waals surface area contributed by atoms with Gasteiger partial charge in [-0.2, -0.15) is 0 Å². The summed E-state index contributed by atoms with van der Waals surface area (Å²) in [4.78, 5) is 25.3. The molecular formula is C15H10F2N2O2. The molecule has 0 unspecified atom stereocenters. The van der Waals surface area contributed by atoms with Crippen LogP contribution in [0.15, 0.2) is 36.4 Å². The van der Waals surface area contributed by atoms with E-state index in [9.17, 15) is 18.4 Å². The highest BCUT2D eigenvalue weighted by Gasteiger charge is 2.37. The zero-order valence-corrected chi connectivity index (χ0v) is 10.8. The van der Waals surface area contributed by atoms with E-state index in [1.807, 2.05) is 0 Å². The first-order valence-corrected chi connectivity index (χ1v) is 6.18. The van der Waals surface area contributed by atoms with E-state index in [0.717, 1.165) is 11.0 Å². The quantitative estimate of drug-likeness (QED) is 0.681. The molecule has 0 aromatic heterocycles. The molecule has 0 spiro atoms. The van der Waals surface area contributed by atoms with E-state index in [-0.39, 0.29) is 28.9 Å². The number of nitrogens with zero attached hydrogens (tertiary/aromatic N) is 1. The van der Waals surface area contributed by atoms with E-state index in [2.05, 4.69) is 0 Å². The molecular weight excluding hydrogens is 278 g/mol. The van der Waals surface area contributed by atoms with E-state index in [0.29, 0.717) is 0 Å². The Balaban J connectivity index is 1.99. The molecule has 0 aliphatic carbocycles. The van der Waals surface area contributed by atoms with Crippen molar-refractivity contribution in [1.29, 1.82) is 0 Å². The number of carbonyl (C=O) groups excluding carboxylic acids is 2. The molecule has 106 valence electrons. The summed E-state index contributed by atoms with van der Waals surface area (Å²) in [6.45, 7) is -0.338. The predicted molar refractivity (Wildman–Crippen MR) is 71.4 cm³/mol. The number of nitrogens with two attached hydrogens (primary N) is 1. The Labute approximate surface area is 118 Å². The van der Waals surface area contributed by atoms with Gasteiger partial charge in [0.05, 0.1) is 17.7 Å². The zero-order chi connectivity index (χ0) is 15.1. The molecule has 4 nitrogen and oxygen atoms in total. The third kappa shape index (κ3) is 1.96. The van der Waals surface area contributed by atoms with Gasteiger partial charge in [0, 0.05) is 11.3 Å². The number of fused-ring (bicyclic) bond motifs is 1. The Morgan fingerprint density at radius 1 is 1.00 bits per heavy atom. The molecule has 1 aliphatic rings. The van der Waals surface area contributed by atoms with E-state index in [1.165, 1.54) is 24.3 Å². The zero-order valence-electron chi connectivity index (χ0n) is 10.8. The number of anilines is 1. The lowest BCUT2D eigenvalue weighted by atomic mass is 10.1. The van der Waals surface area contributed by atoms with Gasteiger partial charge < -0.3 is 5.73 Å². The minimum atomic E-state index is -1.07. The van der Waals surface area contributed by atoms with Crippen LogP contribution in [0, 0.1) is 11.6 Å². The second kappa shape index (κ2) is 4.66. The van der Waals surface area contributed by atoms with Crippen LogP contribution in [0.2, 0.25) is 0 Å². The summed E-state index contributed by atoms with van der Waals surface area (Å²) in [5, 5.41) is 0. The van der Waals surface area contributed by atoms with Gasteiger partial charge in [0.2, 0.25) is 0 Å². The van der Waals surface area contributed by atoms with Gasteiger partial charge in [-0.05, 0) is 18.2 Å². The van der Waals surface area contributed by atoms with Crippen molar-refractivity contribution in [3.05, 3.63) is 64.7 Å². The molecule has 1 aliphatic heterocycles. The summed E-state index contributed by atoms with van der Waals surface area (Å²) >= 11 is 0. The Morgan fingerprint density at radius 2 is 1.71 bits per heavy atom. The lowest BCUT2D eigenvalue weighted by Gasteiger charge is -2.14. The normalized spacial score (nSPS) is 13.7. The number of hydrogen-bond acceptors (Lipinski definition) is 3. The summed E-state index contributed by atoms with van der Waals surface area (Å²) in [5.74, 6) is -3.26. The highest BCUT2D eigenvalue weighted by Crippen LogP contribution is 2.29. The molecule has 2 aromatic rings. The van der Waals surface area contributed by atoms with Crippen LogP contribution in [0.5, 0.6) is 0 Å². The van der Waals surface area contributed by atoms with Crippen molar-refractivity contribution < 1.29 is 18.4 Å². The van der Waals surface area contributed by atoms with Gasteiger partial charge in [0.1, 0.15) is 0 Å². The van der Waals surface area contributed by atoms with Crippen LogP contribution in [0.1, 0.15) is 26.3 Å². The minimum absolute atomic E-state index is 0.0666. The van der Waals surface area contributed by atoms with Gasteiger partial charge in [-0.3, -0.25) is 14.5 Å². The summed E-state index contributed by atoms with van der Waals surface area (Å²) in [6, 6.07) is 8.17. The van der Waals surface area contributed by atoms with Gasteiger partial charge in [-0.15, -0.1) is 0 Å². The number of halogens is 2. The molecule has 2 amide bonds. The van der Waals surface area contributed by atoms with E-state index >= 15 is 0 Å². The second-order valence-electron chi connectivity index (χ2n) is 4.68. The fourth-order valence-corrected chi connectivity index (χ4v) is 2.34. The first-order chi connectivity index (χ1) is 10.0. The van der Waals surface area contributed by atoms with E-state index in [1.54, 1.807) is 6.07 Å². The Kier molecular flexibility index (Phi) is 2.94. The third-order valence-electron chi connectivity index (χ3n) is 3.39. The lowest BCUT2D eigenvalue weighted by molar-refractivity contribution is 0.0641. The number of rotatable bonds is 2. The molecule has 3 rings (SSSR count). The highest BCUT2D eigenvalue weighted by atomic mass is 19.2. The smallest absolute Gasteiger partial charge is 0.263 e. The fourth-order valence-electron chi connectivity index (χ4n) is 2.34. The molecule has 0 radical (unpaired) electrons. The third-order valence-corrected chi connectivity index (χ3v) is 3.39. The van der Waals surface area contributed by atoms with Crippen molar-refractivity contribution in [3.63, 3.8) is 0 Å². The van der Waals surface area contributed by atoms with Crippen LogP contribution < -0.4 is 5.73 Å². The maximum Gasteiger partial charge on any atom is 0.263 e. The van der Waals surface area contributed by atoms with Crippen molar-refractivity contribution in [2.24, 2.45) is 0 Å². The van der Waals surface area contributed by atoms with Gasteiger partial charge in [0.25, 0.3) is 11.8 Å². The molecule has 1 heterocycles. The van der Waals surface area contributed by atoms with Crippen LogP contribution >= 0.6 is 0 Å². The summed E-state index contributed by atoms with van der Waals surface area (Å²) < 4.78 is 26.9. The average molecular weight is 288 g/mol. The van der Waals surface area contributed by atoms with Gasteiger partial charge in [-0.25, -0.2) is 8.78 Å². The summed E-state index contributed by atoms with van der Waals surface area (Å²) in [7, 11) is 0. The monoisotopic (exact) mass is 288 g/mol. The molecule has 0 saturated heterocycles. The minimum Gasteiger partial charge on any atom is -0.398 e. The average Bonchev–Trinajstić information content (AvgIpc) is 2.70. The lowest BCUT2D eigenvalue weighted by Crippen LogP contribution is -2.29. The highest BCUT2D eigenvalue weighted by molar-refractivity contribution is 6.23. The molecule has 2 aromatic carbocycles. The molecule has 0 bridgehead atoms. The maximum atomic E-state index is 13.7. The Morgan fingerprint density at radius 3 is 2.43 bits per heavy atom. The van der Waals surface area contributed by atoms with Crippen LogP contribution in [0.25, 0.3) is 0 Å². The van der Waals surface area contributed by atoms with Gasteiger partial charge in [0.15, 0.2) is 11.6 Å².